The molecule has 3 fully saturated rings. The number of rotatable bonds is 5. The minimum Gasteiger partial charge on any atom is -0.465 e. The summed E-state index contributed by atoms with van der Waals surface area (Å²) in [5, 5.41) is 12.6. The van der Waals surface area contributed by atoms with E-state index in [9.17, 15) is 10.1 Å². The van der Waals surface area contributed by atoms with Crippen molar-refractivity contribution >= 4 is 5.91 Å². The van der Waals surface area contributed by atoms with Gasteiger partial charge in [-0.2, -0.15) is 5.26 Å². The average molecular weight is 405 g/mol. The van der Waals surface area contributed by atoms with Crippen molar-refractivity contribution in [3.8, 4) is 6.07 Å². The number of nitrogens with zero attached hydrogens (tertiary/aromatic N) is 3. The third-order valence-corrected chi connectivity index (χ3v) is 6.43. The fraction of sp³-hybridized carbons (Fsp3) is 0.810. The van der Waals surface area contributed by atoms with Gasteiger partial charge < -0.3 is 24.4 Å². The second-order valence-electron chi connectivity index (χ2n) is 9.28. The van der Waals surface area contributed by atoms with Crippen LogP contribution in [0.5, 0.6) is 0 Å². The van der Waals surface area contributed by atoms with Crippen molar-refractivity contribution < 1.29 is 19.0 Å². The lowest BCUT2D eigenvalue weighted by atomic mass is 9.89. The monoisotopic (exact) mass is 404 g/mol. The molecule has 4 aliphatic rings. The number of fused-ring (bicyclic) bond motifs is 1. The largest absolute Gasteiger partial charge is 0.465 e. The van der Waals surface area contributed by atoms with Gasteiger partial charge in [-0.25, -0.2) is 0 Å². The summed E-state index contributed by atoms with van der Waals surface area (Å²) in [6.45, 7) is 9.61. The molecule has 4 heterocycles. The van der Waals surface area contributed by atoms with Crippen molar-refractivity contribution in [1.29, 1.82) is 5.26 Å². The molecule has 0 aliphatic carbocycles. The van der Waals surface area contributed by atoms with Gasteiger partial charge in [-0.05, 0) is 52.5 Å². The lowest BCUT2D eigenvalue weighted by Crippen LogP contribution is -2.54. The number of carbonyl (C=O) groups excluding carboxylic acids is 1. The minimum atomic E-state index is -0.588. The van der Waals surface area contributed by atoms with E-state index in [1.54, 1.807) is 4.90 Å². The van der Waals surface area contributed by atoms with Gasteiger partial charge in [0, 0.05) is 25.2 Å². The quantitative estimate of drug-likeness (QED) is 0.740. The van der Waals surface area contributed by atoms with E-state index in [4.69, 9.17) is 14.2 Å². The van der Waals surface area contributed by atoms with Crippen LogP contribution in [0.2, 0.25) is 0 Å². The van der Waals surface area contributed by atoms with Gasteiger partial charge in [0.15, 0.2) is 5.79 Å². The Morgan fingerprint density at radius 3 is 2.72 bits per heavy atom. The first-order chi connectivity index (χ1) is 13.8. The Kier molecular flexibility index (Phi) is 5.60. The lowest BCUT2D eigenvalue weighted by Gasteiger charge is -2.40. The van der Waals surface area contributed by atoms with E-state index in [1.807, 2.05) is 19.9 Å². The molecule has 0 spiro atoms. The molecule has 160 valence electrons. The average Bonchev–Trinajstić information content (AvgIpc) is 3.34. The highest BCUT2D eigenvalue weighted by molar-refractivity contribution is 5.79. The summed E-state index contributed by atoms with van der Waals surface area (Å²) >= 11 is 0. The van der Waals surface area contributed by atoms with Crippen molar-refractivity contribution in [1.82, 2.24) is 15.1 Å². The van der Waals surface area contributed by atoms with E-state index in [0.29, 0.717) is 13.1 Å². The molecule has 0 aromatic heterocycles. The highest BCUT2D eigenvalue weighted by atomic mass is 16.8. The molecule has 3 atom stereocenters. The predicted octanol–water partition coefficient (Wildman–Crippen LogP) is 1.34. The van der Waals surface area contributed by atoms with Gasteiger partial charge in [-0.1, -0.05) is 0 Å². The van der Waals surface area contributed by atoms with E-state index >= 15 is 0 Å². The van der Waals surface area contributed by atoms with Crippen LogP contribution in [-0.2, 0) is 19.0 Å². The van der Waals surface area contributed by atoms with Gasteiger partial charge in [-0.15, -0.1) is 0 Å². The molecule has 0 radical (unpaired) electrons. The van der Waals surface area contributed by atoms with Crippen LogP contribution in [0.1, 0.15) is 46.5 Å². The van der Waals surface area contributed by atoms with Gasteiger partial charge in [0.2, 0.25) is 12.2 Å². The van der Waals surface area contributed by atoms with Crippen LogP contribution in [0.4, 0.5) is 0 Å². The topological polar surface area (TPSA) is 87.1 Å². The zero-order chi connectivity index (χ0) is 20.6. The molecule has 0 aromatic rings. The SMILES string of the molecule is CC1(NCC(=O)N2CCC[C@H]2C#N)CCN(CC2=C[C@H]3OC(C)(C)O[C@H]3O2)CC1. The van der Waals surface area contributed by atoms with Crippen LogP contribution in [0.25, 0.3) is 0 Å². The first-order valence-electron chi connectivity index (χ1n) is 10.7. The number of ether oxygens (including phenoxy) is 3. The molecule has 1 N–H and O–H groups in total. The number of hydrogen-bond acceptors (Lipinski definition) is 7. The Labute approximate surface area is 172 Å². The summed E-state index contributed by atoms with van der Waals surface area (Å²) in [5.41, 5.74) is -0.0638. The number of piperidine rings is 1. The molecule has 29 heavy (non-hydrogen) atoms. The highest BCUT2D eigenvalue weighted by Gasteiger charge is 2.46. The van der Waals surface area contributed by atoms with Crippen LogP contribution in [0.3, 0.4) is 0 Å². The predicted molar refractivity (Wildman–Crippen MR) is 105 cm³/mol. The van der Waals surface area contributed by atoms with Crippen LogP contribution in [-0.4, -0.2) is 78.2 Å². The van der Waals surface area contributed by atoms with Crippen LogP contribution in [0, 0.1) is 11.3 Å². The molecule has 0 aromatic carbocycles. The van der Waals surface area contributed by atoms with Crippen LogP contribution in [0.15, 0.2) is 11.8 Å². The number of amides is 1. The maximum Gasteiger partial charge on any atom is 0.237 e. The summed E-state index contributed by atoms with van der Waals surface area (Å²) in [4.78, 5) is 16.6. The maximum absolute atomic E-state index is 12.5. The molecule has 0 saturated carbocycles. The molecule has 1 amide bonds. The number of hydrogen-bond donors (Lipinski definition) is 1. The number of likely N-dealkylation sites (tertiary alicyclic amines) is 2. The summed E-state index contributed by atoms with van der Waals surface area (Å²) in [5.74, 6) is 0.367. The molecular weight excluding hydrogens is 372 g/mol. The molecule has 4 rings (SSSR count). The summed E-state index contributed by atoms with van der Waals surface area (Å²) in [6.07, 6.45) is 5.22. The lowest BCUT2D eigenvalue weighted by molar-refractivity contribution is -0.182. The summed E-state index contributed by atoms with van der Waals surface area (Å²) in [7, 11) is 0. The Balaban J connectivity index is 1.21. The molecular formula is C21H32N4O4. The Morgan fingerprint density at radius 1 is 1.28 bits per heavy atom. The van der Waals surface area contributed by atoms with Gasteiger partial charge in [0.05, 0.1) is 19.2 Å². The van der Waals surface area contributed by atoms with Crippen molar-refractivity contribution in [2.45, 2.75) is 76.2 Å². The van der Waals surface area contributed by atoms with Gasteiger partial charge in [0.25, 0.3) is 0 Å². The van der Waals surface area contributed by atoms with Gasteiger partial charge >= 0.3 is 0 Å². The van der Waals surface area contributed by atoms with E-state index < -0.39 is 5.79 Å². The summed E-state index contributed by atoms with van der Waals surface area (Å²) in [6, 6.07) is 1.98. The normalized spacial score (nSPS) is 33.1. The van der Waals surface area contributed by atoms with Crippen LogP contribution >= 0.6 is 0 Å². The molecule has 8 nitrogen and oxygen atoms in total. The van der Waals surface area contributed by atoms with Gasteiger partial charge in [-0.3, -0.25) is 9.69 Å². The highest BCUT2D eigenvalue weighted by Crippen LogP contribution is 2.35. The van der Waals surface area contributed by atoms with Crippen molar-refractivity contribution in [3.63, 3.8) is 0 Å². The molecule has 4 aliphatic heterocycles. The second-order valence-corrected chi connectivity index (χ2v) is 9.28. The zero-order valence-corrected chi connectivity index (χ0v) is 17.6. The fourth-order valence-corrected chi connectivity index (χ4v) is 4.62. The van der Waals surface area contributed by atoms with Crippen molar-refractivity contribution in [2.24, 2.45) is 0 Å². The molecule has 3 saturated heterocycles. The third-order valence-electron chi connectivity index (χ3n) is 6.43. The van der Waals surface area contributed by atoms with Crippen molar-refractivity contribution in [2.75, 3.05) is 32.7 Å². The minimum absolute atomic E-state index is 0.0386. The van der Waals surface area contributed by atoms with E-state index in [-0.39, 0.29) is 29.9 Å². The number of carbonyl (C=O) groups is 1. The van der Waals surface area contributed by atoms with E-state index in [0.717, 1.165) is 51.1 Å². The van der Waals surface area contributed by atoms with E-state index in [2.05, 4.69) is 23.2 Å². The van der Waals surface area contributed by atoms with Crippen molar-refractivity contribution in [3.05, 3.63) is 11.8 Å². The third kappa shape index (κ3) is 4.58. The molecule has 0 bridgehead atoms. The fourth-order valence-electron chi connectivity index (χ4n) is 4.62. The summed E-state index contributed by atoms with van der Waals surface area (Å²) < 4.78 is 17.5. The maximum atomic E-state index is 12.5. The zero-order valence-electron chi connectivity index (χ0n) is 17.6. The standard InChI is InChI=1S/C21H32N4O4/c1-20(2)28-17-11-16(27-19(17)29-20)14-24-9-6-21(3,7-10-24)23-13-18(26)25-8-4-5-15(25)12-22/h11,15,17,19,23H,4-10,13-14H2,1-3H3/t15-,17+,19+/m0/s1. The Hall–Kier alpha value is -1.66. The Morgan fingerprint density at radius 2 is 2.03 bits per heavy atom. The first-order valence-corrected chi connectivity index (χ1v) is 10.7. The van der Waals surface area contributed by atoms with E-state index in [1.165, 1.54) is 0 Å². The second kappa shape index (κ2) is 7.88. The van der Waals surface area contributed by atoms with Crippen LogP contribution < -0.4 is 5.32 Å². The smallest absolute Gasteiger partial charge is 0.237 e. The first kappa shape index (κ1) is 20.6. The van der Waals surface area contributed by atoms with Gasteiger partial charge in [0.1, 0.15) is 17.9 Å². The number of nitriles is 1. The molecule has 8 heteroatoms. The molecule has 0 unspecified atom stereocenters. The number of nitrogens with one attached hydrogen (secondary N) is 1. The Bertz CT molecular complexity index is 708.